The Bertz CT molecular complexity index is 689. The molecule has 0 aliphatic carbocycles. The van der Waals surface area contributed by atoms with Gasteiger partial charge in [-0.1, -0.05) is 17.7 Å². The molecule has 1 aliphatic rings. The monoisotopic (exact) mass is 338 g/mol. The highest BCUT2D eigenvalue weighted by Gasteiger charge is 2.13. The van der Waals surface area contributed by atoms with E-state index >= 15 is 0 Å². The van der Waals surface area contributed by atoms with Gasteiger partial charge in [0.1, 0.15) is 0 Å². The largest absolute Gasteiger partial charge is 0.376 e. The number of carbonyl (C=O) groups is 1. The summed E-state index contributed by atoms with van der Waals surface area (Å²) in [6, 6.07) is 16.1. The van der Waals surface area contributed by atoms with Gasteiger partial charge < -0.3 is 20.4 Å². The summed E-state index contributed by atoms with van der Waals surface area (Å²) in [6.45, 7) is 6.59. The van der Waals surface area contributed by atoms with Gasteiger partial charge in [-0.25, -0.2) is 0 Å². The van der Waals surface area contributed by atoms with Gasteiger partial charge in [-0.15, -0.1) is 0 Å². The summed E-state index contributed by atoms with van der Waals surface area (Å²) in [7, 11) is 2.16. The summed E-state index contributed by atoms with van der Waals surface area (Å²) in [5, 5.41) is 6.07. The van der Waals surface area contributed by atoms with Crippen LogP contribution in [0.25, 0.3) is 0 Å². The van der Waals surface area contributed by atoms with E-state index in [-0.39, 0.29) is 12.5 Å². The molecule has 2 aromatic rings. The molecule has 0 unspecified atom stereocenters. The minimum atomic E-state index is -0.0491. The Morgan fingerprint density at radius 3 is 2.16 bits per heavy atom. The minimum absolute atomic E-state index is 0.0491. The number of likely N-dealkylation sites (N-methyl/N-ethyl adjacent to an activating group) is 1. The number of hydrogen-bond donors (Lipinski definition) is 2. The molecule has 0 atom stereocenters. The van der Waals surface area contributed by atoms with Crippen LogP contribution in [-0.4, -0.2) is 50.6 Å². The van der Waals surface area contributed by atoms with Gasteiger partial charge in [-0.3, -0.25) is 4.79 Å². The first kappa shape index (κ1) is 17.3. The number of aryl methyl sites for hydroxylation is 1. The first-order chi connectivity index (χ1) is 12.1. The maximum atomic E-state index is 12.0. The van der Waals surface area contributed by atoms with Crippen LogP contribution in [0.2, 0.25) is 0 Å². The third-order valence-electron chi connectivity index (χ3n) is 4.52. The lowest BCUT2D eigenvalue weighted by Crippen LogP contribution is -2.44. The first-order valence-corrected chi connectivity index (χ1v) is 8.74. The Balaban J connectivity index is 1.48. The molecule has 2 aromatic carbocycles. The molecular formula is C20H26N4O. The predicted octanol–water partition coefficient (Wildman–Crippen LogP) is 2.80. The van der Waals surface area contributed by atoms with Gasteiger partial charge in [0.25, 0.3) is 0 Å². The lowest BCUT2D eigenvalue weighted by atomic mass is 10.2. The molecule has 0 spiro atoms. The Hall–Kier alpha value is -2.53. The van der Waals surface area contributed by atoms with Crippen molar-refractivity contribution in [3.05, 3.63) is 54.1 Å². The van der Waals surface area contributed by atoms with Gasteiger partial charge in [-0.05, 0) is 50.4 Å². The van der Waals surface area contributed by atoms with Crippen LogP contribution < -0.4 is 15.5 Å². The summed E-state index contributed by atoms with van der Waals surface area (Å²) in [6.07, 6.45) is 0. The Labute approximate surface area is 149 Å². The molecule has 1 amide bonds. The van der Waals surface area contributed by atoms with Gasteiger partial charge in [0.05, 0.1) is 6.54 Å². The number of carbonyl (C=O) groups excluding carboxylic acids is 1. The van der Waals surface area contributed by atoms with Crippen LogP contribution >= 0.6 is 0 Å². The molecule has 1 fully saturated rings. The smallest absolute Gasteiger partial charge is 0.243 e. The van der Waals surface area contributed by atoms with Crippen molar-refractivity contribution in [3.63, 3.8) is 0 Å². The first-order valence-electron chi connectivity index (χ1n) is 8.74. The normalized spacial score (nSPS) is 15.0. The third-order valence-corrected chi connectivity index (χ3v) is 4.52. The van der Waals surface area contributed by atoms with Crippen molar-refractivity contribution in [3.8, 4) is 0 Å². The van der Waals surface area contributed by atoms with Gasteiger partial charge >= 0.3 is 0 Å². The molecule has 3 rings (SSSR count). The molecule has 1 aliphatic heterocycles. The zero-order chi connectivity index (χ0) is 17.6. The maximum absolute atomic E-state index is 12.0. The highest BCUT2D eigenvalue weighted by molar-refractivity contribution is 5.93. The Kier molecular flexibility index (Phi) is 5.56. The number of benzene rings is 2. The van der Waals surface area contributed by atoms with Crippen LogP contribution in [0.4, 0.5) is 17.1 Å². The third kappa shape index (κ3) is 4.97. The predicted molar refractivity (Wildman–Crippen MR) is 104 cm³/mol. The second-order valence-corrected chi connectivity index (χ2v) is 6.60. The van der Waals surface area contributed by atoms with E-state index in [0.29, 0.717) is 0 Å². The van der Waals surface area contributed by atoms with E-state index in [2.05, 4.69) is 39.6 Å². The zero-order valence-electron chi connectivity index (χ0n) is 15.0. The molecule has 0 radical (unpaired) electrons. The van der Waals surface area contributed by atoms with E-state index < -0.39 is 0 Å². The van der Waals surface area contributed by atoms with E-state index in [9.17, 15) is 4.79 Å². The average molecular weight is 338 g/mol. The van der Waals surface area contributed by atoms with Crippen molar-refractivity contribution >= 4 is 23.0 Å². The molecule has 5 heteroatoms. The fourth-order valence-electron chi connectivity index (χ4n) is 2.88. The molecular weight excluding hydrogens is 312 g/mol. The van der Waals surface area contributed by atoms with Gasteiger partial charge in [-0.2, -0.15) is 0 Å². The molecule has 0 aromatic heterocycles. The SMILES string of the molecule is Cc1ccc(NC(=O)CNc2ccc(N3CCN(C)CC3)cc2)cc1. The van der Waals surface area contributed by atoms with Crippen molar-refractivity contribution in [1.29, 1.82) is 0 Å². The average Bonchev–Trinajstić information content (AvgIpc) is 2.63. The number of piperazine rings is 1. The van der Waals surface area contributed by atoms with Crippen LogP contribution in [0, 0.1) is 6.92 Å². The Morgan fingerprint density at radius 1 is 0.920 bits per heavy atom. The molecule has 132 valence electrons. The number of nitrogens with zero attached hydrogens (tertiary/aromatic N) is 2. The van der Waals surface area contributed by atoms with Crippen molar-refractivity contribution in [2.24, 2.45) is 0 Å². The van der Waals surface area contributed by atoms with Crippen molar-refractivity contribution in [2.45, 2.75) is 6.92 Å². The van der Waals surface area contributed by atoms with Crippen molar-refractivity contribution < 1.29 is 4.79 Å². The summed E-state index contributed by atoms with van der Waals surface area (Å²) in [4.78, 5) is 16.8. The fourth-order valence-corrected chi connectivity index (χ4v) is 2.88. The quantitative estimate of drug-likeness (QED) is 0.880. The van der Waals surface area contributed by atoms with Crippen LogP contribution in [0.5, 0.6) is 0 Å². The second-order valence-electron chi connectivity index (χ2n) is 6.60. The van der Waals surface area contributed by atoms with E-state index in [4.69, 9.17) is 0 Å². The fraction of sp³-hybridized carbons (Fsp3) is 0.350. The van der Waals surface area contributed by atoms with E-state index in [0.717, 1.165) is 37.6 Å². The summed E-state index contributed by atoms with van der Waals surface area (Å²) in [5.41, 5.74) is 4.19. The number of nitrogens with one attached hydrogen (secondary N) is 2. The van der Waals surface area contributed by atoms with Gasteiger partial charge in [0, 0.05) is 43.2 Å². The minimum Gasteiger partial charge on any atom is -0.376 e. The van der Waals surface area contributed by atoms with Crippen LogP contribution in [-0.2, 0) is 4.79 Å². The van der Waals surface area contributed by atoms with Crippen LogP contribution in [0.1, 0.15) is 5.56 Å². The number of anilines is 3. The molecule has 25 heavy (non-hydrogen) atoms. The molecule has 1 heterocycles. The number of hydrogen-bond acceptors (Lipinski definition) is 4. The lowest BCUT2D eigenvalue weighted by molar-refractivity contribution is -0.114. The molecule has 1 saturated heterocycles. The zero-order valence-corrected chi connectivity index (χ0v) is 15.0. The molecule has 5 nitrogen and oxygen atoms in total. The van der Waals surface area contributed by atoms with Crippen LogP contribution in [0.15, 0.2) is 48.5 Å². The van der Waals surface area contributed by atoms with E-state index in [1.54, 1.807) is 0 Å². The number of amides is 1. The highest BCUT2D eigenvalue weighted by Crippen LogP contribution is 2.19. The summed E-state index contributed by atoms with van der Waals surface area (Å²) < 4.78 is 0. The van der Waals surface area contributed by atoms with Gasteiger partial charge in [0.2, 0.25) is 5.91 Å². The lowest BCUT2D eigenvalue weighted by Gasteiger charge is -2.34. The maximum Gasteiger partial charge on any atom is 0.243 e. The van der Waals surface area contributed by atoms with Gasteiger partial charge in [0.15, 0.2) is 0 Å². The second kappa shape index (κ2) is 8.03. The Morgan fingerprint density at radius 2 is 1.52 bits per heavy atom. The summed E-state index contributed by atoms with van der Waals surface area (Å²) >= 11 is 0. The van der Waals surface area contributed by atoms with E-state index in [1.165, 1.54) is 11.3 Å². The topological polar surface area (TPSA) is 47.6 Å². The van der Waals surface area contributed by atoms with Crippen LogP contribution in [0.3, 0.4) is 0 Å². The summed E-state index contributed by atoms with van der Waals surface area (Å²) in [5.74, 6) is -0.0491. The highest BCUT2D eigenvalue weighted by atomic mass is 16.1. The molecule has 0 saturated carbocycles. The van der Waals surface area contributed by atoms with Crippen molar-refractivity contribution in [2.75, 3.05) is 55.3 Å². The molecule has 2 N–H and O–H groups in total. The molecule has 0 bridgehead atoms. The standard InChI is InChI=1S/C20H26N4O/c1-16-3-5-18(6-4-16)22-20(25)15-21-17-7-9-19(10-8-17)24-13-11-23(2)12-14-24/h3-10,21H,11-15H2,1-2H3,(H,22,25). The number of rotatable bonds is 5. The van der Waals surface area contributed by atoms with E-state index in [1.807, 2.05) is 43.3 Å². The van der Waals surface area contributed by atoms with Crippen molar-refractivity contribution in [1.82, 2.24) is 4.90 Å².